The number of carbonyl (C=O) groups is 1. The Morgan fingerprint density at radius 3 is 2.11 bits per heavy atom. The summed E-state index contributed by atoms with van der Waals surface area (Å²) >= 11 is 0. The molecule has 28 heavy (non-hydrogen) atoms. The molecular weight excluding hydrogens is 363 g/mol. The van der Waals surface area contributed by atoms with Gasteiger partial charge in [-0.05, 0) is 31.2 Å². The van der Waals surface area contributed by atoms with Gasteiger partial charge >= 0.3 is 0 Å². The fraction of sp³-hybridized carbons (Fsp3) is 0.381. The van der Waals surface area contributed by atoms with Crippen molar-refractivity contribution >= 4 is 11.6 Å². The molecule has 2 aromatic rings. The minimum Gasteiger partial charge on any atom is -0.493 e. The van der Waals surface area contributed by atoms with E-state index in [0.29, 0.717) is 29.5 Å². The largest absolute Gasteiger partial charge is 0.493 e. The Bertz CT molecular complexity index is 770. The van der Waals surface area contributed by atoms with Gasteiger partial charge in [0.1, 0.15) is 5.82 Å². The van der Waals surface area contributed by atoms with Crippen LogP contribution in [-0.2, 0) is 4.79 Å². The van der Waals surface area contributed by atoms with Gasteiger partial charge in [-0.15, -0.1) is 0 Å². The summed E-state index contributed by atoms with van der Waals surface area (Å²) in [6.07, 6.45) is 0. The number of likely N-dealkylation sites (N-methyl/N-ethyl adjacent to an activating group) is 1. The second-order valence-corrected chi connectivity index (χ2v) is 6.25. The predicted octanol–water partition coefficient (Wildman–Crippen LogP) is 3.87. The molecule has 1 atom stereocenters. The average Bonchev–Trinajstić information content (AvgIpc) is 2.71. The second-order valence-electron chi connectivity index (χ2n) is 6.25. The molecule has 0 spiro atoms. The third kappa shape index (κ3) is 5.13. The number of hydrogen-bond donors (Lipinski definition) is 1. The molecule has 1 amide bonds. The van der Waals surface area contributed by atoms with Gasteiger partial charge in [-0.25, -0.2) is 4.39 Å². The first-order valence-corrected chi connectivity index (χ1v) is 9.02. The van der Waals surface area contributed by atoms with Crippen LogP contribution in [0, 0.1) is 5.82 Å². The first-order valence-electron chi connectivity index (χ1n) is 9.02. The van der Waals surface area contributed by atoms with Gasteiger partial charge in [-0.2, -0.15) is 0 Å². The lowest BCUT2D eigenvalue weighted by atomic mass is 10.1. The van der Waals surface area contributed by atoms with Crippen LogP contribution in [0.2, 0.25) is 0 Å². The number of amides is 1. The van der Waals surface area contributed by atoms with Crippen LogP contribution in [0.3, 0.4) is 0 Å². The van der Waals surface area contributed by atoms with Gasteiger partial charge in [0.15, 0.2) is 11.5 Å². The van der Waals surface area contributed by atoms with Crippen LogP contribution < -0.4 is 19.5 Å². The Morgan fingerprint density at radius 2 is 1.64 bits per heavy atom. The second kappa shape index (κ2) is 9.94. The first kappa shape index (κ1) is 21.5. The molecule has 0 aromatic heterocycles. The molecule has 0 fully saturated rings. The summed E-state index contributed by atoms with van der Waals surface area (Å²) in [5.74, 6) is 0.931. The number of anilines is 1. The normalized spacial score (nSPS) is 11.8. The summed E-state index contributed by atoms with van der Waals surface area (Å²) in [5, 5.41) is 2.87. The number of rotatable bonds is 9. The van der Waals surface area contributed by atoms with E-state index in [1.165, 1.54) is 33.5 Å². The highest BCUT2D eigenvalue weighted by atomic mass is 19.1. The van der Waals surface area contributed by atoms with Crippen LogP contribution in [0.4, 0.5) is 10.1 Å². The number of methoxy groups -OCH3 is 3. The van der Waals surface area contributed by atoms with Crippen molar-refractivity contribution in [2.24, 2.45) is 0 Å². The van der Waals surface area contributed by atoms with Crippen molar-refractivity contribution < 1.29 is 23.4 Å². The van der Waals surface area contributed by atoms with E-state index < -0.39 is 0 Å². The number of nitrogens with zero attached hydrogens (tertiary/aromatic N) is 1. The van der Waals surface area contributed by atoms with Gasteiger partial charge in [-0.3, -0.25) is 9.69 Å². The Hall–Kier alpha value is -2.80. The van der Waals surface area contributed by atoms with E-state index in [9.17, 15) is 9.18 Å². The number of carbonyl (C=O) groups excluding carboxylic acids is 1. The summed E-state index contributed by atoms with van der Waals surface area (Å²) in [6.45, 7) is 4.82. The van der Waals surface area contributed by atoms with E-state index in [1.807, 2.05) is 18.7 Å². The molecule has 0 saturated carbocycles. The summed E-state index contributed by atoms with van der Waals surface area (Å²) < 4.78 is 29.1. The Labute approximate surface area is 165 Å². The van der Waals surface area contributed by atoms with Gasteiger partial charge in [-0.1, -0.05) is 19.1 Å². The van der Waals surface area contributed by atoms with Crippen molar-refractivity contribution in [3.8, 4) is 17.2 Å². The maximum Gasteiger partial charge on any atom is 0.238 e. The van der Waals surface area contributed by atoms with Crippen molar-refractivity contribution in [3.05, 3.63) is 47.8 Å². The lowest BCUT2D eigenvalue weighted by Crippen LogP contribution is -2.35. The Balaban J connectivity index is 2.12. The molecule has 2 rings (SSSR count). The predicted molar refractivity (Wildman–Crippen MR) is 107 cm³/mol. The molecule has 2 aromatic carbocycles. The minimum atomic E-state index is -0.279. The fourth-order valence-electron chi connectivity index (χ4n) is 3.01. The molecule has 6 nitrogen and oxygen atoms in total. The highest BCUT2D eigenvalue weighted by molar-refractivity contribution is 5.93. The summed E-state index contributed by atoms with van der Waals surface area (Å²) in [4.78, 5) is 14.6. The average molecular weight is 390 g/mol. The van der Waals surface area contributed by atoms with Gasteiger partial charge < -0.3 is 19.5 Å². The van der Waals surface area contributed by atoms with E-state index in [-0.39, 0.29) is 24.3 Å². The van der Waals surface area contributed by atoms with E-state index in [0.717, 1.165) is 5.56 Å². The lowest BCUT2D eigenvalue weighted by Gasteiger charge is -2.27. The number of ether oxygens (including phenoxy) is 3. The summed E-state index contributed by atoms with van der Waals surface area (Å²) in [6, 6.07) is 9.65. The van der Waals surface area contributed by atoms with Gasteiger partial charge in [0.2, 0.25) is 11.7 Å². The molecule has 7 heteroatoms. The standard InChI is InChI=1S/C21H27FN2O4/c1-6-24(14(2)15-7-9-16(22)10-8-15)13-20(25)23-17-11-18(26-3)21(28-5)19(12-17)27-4/h7-12,14H,6,13H2,1-5H3,(H,23,25)/t14-/m0/s1. The minimum absolute atomic E-state index is 0.0312. The number of nitrogens with one attached hydrogen (secondary N) is 1. The van der Waals surface area contributed by atoms with E-state index in [4.69, 9.17) is 14.2 Å². The highest BCUT2D eigenvalue weighted by Crippen LogP contribution is 2.39. The van der Waals surface area contributed by atoms with E-state index in [2.05, 4.69) is 5.32 Å². The zero-order valence-corrected chi connectivity index (χ0v) is 16.9. The smallest absolute Gasteiger partial charge is 0.238 e. The molecule has 1 N–H and O–H groups in total. The third-order valence-electron chi connectivity index (χ3n) is 4.60. The molecule has 152 valence electrons. The van der Waals surface area contributed by atoms with Gasteiger partial charge in [0.05, 0.1) is 27.9 Å². The van der Waals surface area contributed by atoms with Crippen LogP contribution in [0.1, 0.15) is 25.5 Å². The van der Waals surface area contributed by atoms with E-state index in [1.54, 1.807) is 24.3 Å². The first-order chi connectivity index (χ1) is 13.4. The van der Waals surface area contributed by atoms with Gasteiger partial charge in [0, 0.05) is 23.9 Å². The maximum absolute atomic E-state index is 13.2. The van der Waals surface area contributed by atoms with Crippen molar-refractivity contribution in [3.63, 3.8) is 0 Å². The molecule has 0 radical (unpaired) electrons. The zero-order valence-electron chi connectivity index (χ0n) is 16.9. The number of hydrogen-bond acceptors (Lipinski definition) is 5. The molecule has 0 aliphatic carbocycles. The van der Waals surface area contributed by atoms with Crippen molar-refractivity contribution in [2.45, 2.75) is 19.9 Å². The maximum atomic E-state index is 13.2. The lowest BCUT2D eigenvalue weighted by molar-refractivity contribution is -0.117. The summed E-state index contributed by atoms with van der Waals surface area (Å²) in [7, 11) is 4.56. The number of benzene rings is 2. The van der Waals surface area contributed by atoms with Crippen molar-refractivity contribution in [1.29, 1.82) is 0 Å². The molecule has 0 saturated heterocycles. The topological polar surface area (TPSA) is 60.0 Å². The molecule has 0 aliphatic rings. The van der Waals surface area contributed by atoms with Crippen molar-refractivity contribution in [2.75, 3.05) is 39.7 Å². The van der Waals surface area contributed by atoms with Gasteiger partial charge in [0.25, 0.3) is 0 Å². The molecule has 0 unspecified atom stereocenters. The Kier molecular flexibility index (Phi) is 7.63. The summed E-state index contributed by atoms with van der Waals surface area (Å²) in [5.41, 5.74) is 1.49. The fourth-order valence-corrected chi connectivity index (χ4v) is 3.01. The Morgan fingerprint density at radius 1 is 1.07 bits per heavy atom. The van der Waals surface area contributed by atoms with E-state index >= 15 is 0 Å². The van der Waals surface area contributed by atoms with Crippen LogP contribution in [0.15, 0.2) is 36.4 Å². The zero-order chi connectivity index (χ0) is 20.7. The SMILES string of the molecule is CCN(CC(=O)Nc1cc(OC)c(OC)c(OC)c1)[C@@H](C)c1ccc(F)cc1. The van der Waals surface area contributed by atoms with Crippen LogP contribution in [0.5, 0.6) is 17.2 Å². The monoisotopic (exact) mass is 390 g/mol. The number of halogens is 1. The van der Waals surface area contributed by atoms with Crippen LogP contribution >= 0.6 is 0 Å². The van der Waals surface area contributed by atoms with Crippen LogP contribution in [-0.4, -0.2) is 45.2 Å². The molecule has 0 aliphatic heterocycles. The highest BCUT2D eigenvalue weighted by Gasteiger charge is 2.19. The third-order valence-corrected chi connectivity index (χ3v) is 4.60. The molecule has 0 bridgehead atoms. The quantitative estimate of drug-likeness (QED) is 0.704. The molecular formula is C21H27FN2O4. The van der Waals surface area contributed by atoms with Crippen LogP contribution in [0.25, 0.3) is 0 Å². The van der Waals surface area contributed by atoms with Crippen molar-refractivity contribution in [1.82, 2.24) is 4.90 Å². The molecule has 0 heterocycles.